The lowest BCUT2D eigenvalue weighted by molar-refractivity contribution is -0.274. The minimum atomic E-state index is -4.74. The van der Waals surface area contributed by atoms with Gasteiger partial charge >= 0.3 is 6.36 Å². The van der Waals surface area contributed by atoms with Gasteiger partial charge in [-0.05, 0) is 106 Å². The maximum atomic E-state index is 12.9. The van der Waals surface area contributed by atoms with E-state index in [0.717, 1.165) is 118 Å². The largest absolute Gasteiger partial charge is 0.573 e. The van der Waals surface area contributed by atoms with Gasteiger partial charge in [-0.15, -0.1) is 13.2 Å². The van der Waals surface area contributed by atoms with E-state index in [9.17, 15) is 13.2 Å². The van der Waals surface area contributed by atoms with Gasteiger partial charge in [-0.25, -0.2) is 0 Å². The van der Waals surface area contributed by atoms with Crippen LogP contribution in [0.3, 0.4) is 0 Å². The summed E-state index contributed by atoms with van der Waals surface area (Å²) in [5.41, 5.74) is 12.2. The van der Waals surface area contributed by atoms with E-state index in [-0.39, 0.29) is 5.75 Å². The first-order valence-electron chi connectivity index (χ1n) is 18.2. The molecule has 0 amide bonds. The molecule has 2 atom stereocenters. The second-order valence-corrected chi connectivity index (χ2v) is 15.2. The number of fused-ring (bicyclic) bond motifs is 1. The molecule has 0 aliphatic carbocycles. The summed E-state index contributed by atoms with van der Waals surface area (Å²) in [6.07, 6.45) is 2.85. The molecule has 0 radical (unpaired) electrons. The summed E-state index contributed by atoms with van der Waals surface area (Å²) in [5, 5.41) is 13.1. The highest BCUT2D eigenvalue weighted by atomic mass is 35.5. The number of benzene rings is 3. The van der Waals surface area contributed by atoms with Crippen molar-refractivity contribution in [2.45, 2.75) is 82.5 Å². The Bertz CT molecular complexity index is 1800. The van der Waals surface area contributed by atoms with Gasteiger partial charge in [0.25, 0.3) is 0 Å². The molecular weight excluding hydrogens is 708 g/mol. The number of aryl methyl sites for hydroxylation is 2. The molecule has 280 valence electrons. The quantitative estimate of drug-likeness (QED) is 0.0971. The van der Waals surface area contributed by atoms with Crippen molar-refractivity contribution in [3.05, 3.63) is 100 Å². The monoisotopic (exact) mass is 756 g/mol. The van der Waals surface area contributed by atoms with E-state index >= 15 is 0 Å². The third-order valence-corrected chi connectivity index (χ3v) is 11.1. The SMILES string of the molecule is C=C(NCCCn1cc(-c2ccc(OC(F)(F)F)cc2)c2cc(CCCC3CN(Cc4c(Cl)cccc4Cl)CC(C)N3)ccc21)C1(N)CCNCC1. The van der Waals surface area contributed by atoms with Gasteiger partial charge in [0.1, 0.15) is 5.75 Å². The van der Waals surface area contributed by atoms with Crippen LogP contribution in [0, 0.1) is 0 Å². The van der Waals surface area contributed by atoms with Gasteiger partial charge in [-0.2, -0.15) is 0 Å². The maximum Gasteiger partial charge on any atom is 0.573 e. The first-order valence-corrected chi connectivity index (χ1v) is 18.9. The summed E-state index contributed by atoms with van der Waals surface area (Å²) >= 11 is 13.0. The number of rotatable bonds is 14. The molecule has 1 aromatic heterocycles. The molecule has 12 heteroatoms. The third kappa shape index (κ3) is 9.83. The third-order valence-electron chi connectivity index (χ3n) is 10.3. The van der Waals surface area contributed by atoms with E-state index in [2.05, 4.69) is 68.1 Å². The number of ether oxygens (including phenoxy) is 1. The smallest absolute Gasteiger partial charge is 0.406 e. The van der Waals surface area contributed by atoms with Crippen molar-refractivity contribution in [3.63, 3.8) is 0 Å². The van der Waals surface area contributed by atoms with Crippen LogP contribution < -0.4 is 26.4 Å². The van der Waals surface area contributed by atoms with Crippen LogP contribution in [0.15, 0.2) is 79.1 Å². The van der Waals surface area contributed by atoms with Gasteiger partial charge in [0.15, 0.2) is 0 Å². The number of piperidine rings is 1. The number of nitrogens with zero attached hydrogens (tertiary/aromatic N) is 2. The van der Waals surface area contributed by atoms with E-state index in [1.54, 1.807) is 12.1 Å². The lowest BCUT2D eigenvalue weighted by Gasteiger charge is -2.38. The summed E-state index contributed by atoms with van der Waals surface area (Å²) in [6.45, 7) is 12.3. The Balaban J connectivity index is 1.13. The zero-order chi connectivity index (χ0) is 36.9. The van der Waals surface area contributed by atoms with E-state index < -0.39 is 11.9 Å². The number of aromatic nitrogens is 1. The average Bonchev–Trinajstić information content (AvgIpc) is 3.45. The fourth-order valence-electron chi connectivity index (χ4n) is 7.63. The fourth-order valence-corrected chi connectivity index (χ4v) is 8.15. The van der Waals surface area contributed by atoms with Crippen molar-refractivity contribution in [1.29, 1.82) is 0 Å². The molecule has 0 saturated carbocycles. The predicted molar refractivity (Wildman–Crippen MR) is 206 cm³/mol. The van der Waals surface area contributed by atoms with Crippen molar-refractivity contribution in [2.75, 3.05) is 32.7 Å². The zero-order valence-electron chi connectivity index (χ0n) is 29.7. The average molecular weight is 758 g/mol. The summed E-state index contributed by atoms with van der Waals surface area (Å²) < 4.78 is 44.9. The molecular formula is C40H49Cl2F3N6O. The molecule has 6 rings (SSSR count). The number of halogens is 5. The Morgan fingerprint density at radius 2 is 1.77 bits per heavy atom. The highest BCUT2D eigenvalue weighted by Gasteiger charge is 2.32. The number of hydrogen-bond acceptors (Lipinski definition) is 6. The standard InChI is InChI=1S/C40H49Cl2F3N6O/c1-27-23-50(25-35-36(41)8-4-9-37(35)42)24-31(49-27)7-3-6-29-10-15-38-33(22-29)34(30-11-13-32(14-12-30)52-40(43,44)45)26-51(38)21-5-18-48-28(2)39(46)16-19-47-20-17-39/h4,8-15,22,26-27,31,47-49H,2-3,5-7,16-21,23-25,46H2,1H3. The van der Waals surface area contributed by atoms with Crippen LogP contribution in [0.4, 0.5) is 13.2 Å². The van der Waals surface area contributed by atoms with Gasteiger partial charge in [0.05, 0.1) is 5.54 Å². The molecule has 2 saturated heterocycles. The molecule has 2 aliphatic rings. The number of nitrogens with one attached hydrogen (secondary N) is 3. The van der Waals surface area contributed by atoms with Crippen LogP contribution in [0.25, 0.3) is 22.0 Å². The molecule has 2 unspecified atom stereocenters. The van der Waals surface area contributed by atoms with Crippen LogP contribution in [0.5, 0.6) is 5.75 Å². The van der Waals surface area contributed by atoms with E-state index in [0.29, 0.717) is 22.1 Å². The van der Waals surface area contributed by atoms with Gasteiger partial charge < -0.3 is 31.0 Å². The van der Waals surface area contributed by atoms with E-state index in [1.807, 2.05) is 18.2 Å². The Hall–Kier alpha value is -3.25. The van der Waals surface area contributed by atoms with Crippen molar-refractivity contribution < 1.29 is 17.9 Å². The minimum Gasteiger partial charge on any atom is -0.406 e. The molecule has 3 aromatic carbocycles. The number of hydrogen-bond donors (Lipinski definition) is 4. The Labute approximate surface area is 314 Å². The molecule has 2 fully saturated rings. The summed E-state index contributed by atoms with van der Waals surface area (Å²) in [5.74, 6) is -0.238. The zero-order valence-corrected chi connectivity index (χ0v) is 31.2. The second-order valence-electron chi connectivity index (χ2n) is 14.4. The molecule has 7 nitrogen and oxygen atoms in total. The molecule has 3 heterocycles. The van der Waals surface area contributed by atoms with Crippen LogP contribution in [-0.4, -0.2) is 66.2 Å². The maximum absolute atomic E-state index is 12.9. The Morgan fingerprint density at radius 3 is 2.48 bits per heavy atom. The van der Waals surface area contributed by atoms with Gasteiger partial charge in [0, 0.05) is 88.8 Å². The first kappa shape index (κ1) is 38.5. The van der Waals surface area contributed by atoms with Crippen LogP contribution in [-0.2, 0) is 19.5 Å². The number of alkyl halides is 3. The molecule has 4 aromatic rings. The topological polar surface area (TPSA) is 79.5 Å². The summed E-state index contributed by atoms with van der Waals surface area (Å²) in [6, 6.07) is 19.1. The highest BCUT2D eigenvalue weighted by molar-refractivity contribution is 6.36. The summed E-state index contributed by atoms with van der Waals surface area (Å²) in [7, 11) is 0. The molecule has 52 heavy (non-hydrogen) atoms. The fraction of sp³-hybridized carbons (Fsp3) is 0.450. The van der Waals surface area contributed by atoms with Gasteiger partial charge in [-0.1, -0.05) is 54.0 Å². The van der Waals surface area contributed by atoms with Crippen molar-refractivity contribution >= 4 is 34.1 Å². The first-order chi connectivity index (χ1) is 24.9. The van der Waals surface area contributed by atoms with Crippen molar-refractivity contribution in [3.8, 4) is 16.9 Å². The van der Waals surface area contributed by atoms with Crippen LogP contribution in [0.2, 0.25) is 10.0 Å². The predicted octanol–water partition coefficient (Wildman–Crippen LogP) is 8.27. The van der Waals surface area contributed by atoms with E-state index in [4.69, 9.17) is 28.9 Å². The van der Waals surface area contributed by atoms with Crippen LogP contribution >= 0.6 is 23.2 Å². The van der Waals surface area contributed by atoms with E-state index in [1.165, 1.54) is 17.7 Å². The highest BCUT2D eigenvalue weighted by Crippen LogP contribution is 2.34. The minimum absolute atomic E-state index is 0.238. The number of nitrogens with two attached hydrogens (primary N) is 1. The lowest BCUT2D eigenvalue weighted by Crippen LogP contribution is -2.55. The van der Waals surface area contributed by atoms with Crippen molar-refractivity contribution in [2.24, 2.45) is 5.73 Å². The summed E-state index contributed by atoms with van der Waals surface area (Å²) in [4.78, 5) is 2.43. The molecule has 0 spiro atoms. The molecule has 5 N–H and O–H groups in total. The van der Waals surface area contributed by atoms with Gasteiger partial charge in [0.2, 0.25) is 0 Å². The van der Waals surface area contributed by atoms with Gasteiger partial charge in [-0.3, -0.25) is 4.90 Å². The Morgan fingerprint density at radius 1 is 1.04 bits per heavy atom. The lowest BCUT2D eigenvalue weighted by atomic mass is 9.86. The normalized spacial score (nSPS) is 19.5. The Kier molecular flexibility index (Phi) is 12.5. The molecule has 2 aliphatic heterocycles. The second kappa shape index (κ2) is 16.8. The van der Waals surface area contributed by atoms with Crippen molar-refractivity contribution in [1.82, 2.24) is 25.4 Å². The number of piperazine rings is 1. The van der Waals surface area contributed by atoms with Crippen LogP contribution in [0.1, 0.15) is 50.2 Å². The molecule has 0 bridgehead atoms.